The van der Waals surface area contributed by atoms with Crippen LogP contribution in [0.2, 0.25) is 0 Å². The maximum absolute atomic E-state index is 5.41. The van der Waals surface area contributed by atoms with Gasteiger partial charge in [0, 0.05) is 20.6 Å². The van der Waals surface area contributed by atoms with Crippen molar-refractivity contribution >= 4 is 0 Å². The van der Waals surface area contributed by atoms with Gasteiger partial charge in [0.1, 0.15) is 5.75 Å². The monoisotopic (exact) mass is 194 g/mol. The Labute approximate surface area is 85.6 Å². The van der Waals surface area contributed by atoms with E-state index in [2.05, 4.69) is 17.6 Å². The molecular weight excluding hydrogens is 176 g/mol. The number of nitrogens with one attached hydrogen (secondary N) is 1. The van der Waals surface area contributed by atoms with Crippen molar-refractivity contribution in [2.75, 3.05) is 20.7 Å². The van der Waals surface area contributed by atoms with Crippen molar-refractivity contribution in [3.63, 3.8) is 0 Å². The Morgan fingerprint density at radius 1 is 1.36 bits per heavy atom. The van der Waals surface area contributed by atoms with Crippen LogP contribution in [0.4, 0.5) is 0 Å². The molecule has 0 aromatic heterocycles. The number of hydrazine groups is 1. The zero-order valence-electron chi connectivity index (χ0n) is 9.08. The van der Waals surface area contributed by atoms with E-state index in [1.54, 1.807) is 0 Å². The van der Waals surface area contributed by atoms with E-state index in [0.717, 1.165) is 12.3 Å². The van der Waals surface area contributed by atoms with E-state index in [1.807, 2.05) is 38.2 Å². The van der Waals surface area contributed by atoms with Gasteiger partial charge in [-0.15, -0.1) is 0 Å². The van der Waals surface area contributed by atoms with Crippen LogP contribution in [0.1, 0.15) is 12.5 Å². The Morgan fingerprint density at radius 2 is 2.14 bits per heavy atom. The van der Waals surface area contributed by atoms with Gasteiger partial charge >= 0.3 is 0 Å². The first-order valence-corrected chi connectivity index (χ1v) is 4.85. The highest BCUT2D eigenvalue weighted by Crippen LogP contribution is 2.12. The van der Waals surface area contributed by atoms with Crippen LogP contribution in [-0.4, -0.2) is 25.7 Å². The van der Waals surface area contributed by atoms with Gasteiger partial charge in [0.25, 0.3) is 0 Å². The van der Waals surface area contributed by atoms with E-state index in [1.165, 1.54) is 5.56 Å². The van der Waals surface area contributed by atoms with Crippen molar-refractivity contribution in [2.45, 2.75) is 13.5 Å². The van der Waals surface area contributed by atoms with Crippen LogP contribution in [-0.2, 0) is 6.54 Å². The van der Waals surface area contributed by atoms with Gasteiger partial charge in [0.05, 0.1) is 6.61 Å². The number of ether oxygens (including phenoxy) is 1. The van der Waals surface area contributed by atoms with Gasteiger partial charge in [-0.05, 0) is 24.6 Å². The van der Waals surface area contributed by atoms with E-state index in [0.29, 0.717) is 6.61 Å². The first-order chi connectivity index (χ1) is 6.72. The number of benzene rings is 1. The maximum atomic E-state index is 5.41. The van der Waals surface area contributed by atoms with Crippen LogP contribution in [0.25, 0.3) is 0 Å². The SMILES string of the molecule is CCOc1cccc(CNN(C)C)c1. The number of hydrogen-bond acceptors (Lipinski definition) is 3. The van der Waals surface area contributed by atoms with Crippen LogP contribution >= 0.6 is 0 Å². The Balaban J connectivity index is 2.54. The lowest BCUT2D eigenvalue weighted by Crippen LogP contribution is -2.29. The first kappa shape index (κ1) is 11.0. The fraction of sp³-hybridized carbons (Fsp3) is 0.455. The van der Waals surface area contributed by atoms with Crippen molar-refractivity contribution in [2.24, 2.45) is 0 Å². The first-order valence-electron chi connectivity index (χ1n) is 4.85. The number of rotatable bonds is 5. The third-order valence-corrected chi connectivity index (χ3v) is 1.81. The minimum Gasteiger partial charge on any atom is -0.494 e. The number of nitrogens with zero attached hydrogens (tertiary/aromatic N) is 1. The molecule has 3 nitrogen and oxygen atoms in total. The molecule has 0 aliphatic heterocycles. The minimum atomic E-state index is 0.713. The smallest absolute Gasteiger partial charge is 0.119 e. The Bertz CT molecular complexity index is 274. The number of hydrogen-bond donors (Lipinski definition) is 1. The second-order valence-electron chi connectivity index (χ2n) is 3.31. The average Bonchev–Trinajstić information content (AvgIpc) is 2.16. The second-order valence-corrected chi connectivity index (χ2v) is 3.31. The molecule has 0 saturated carbocycles. The summed E-state index contributed by atoms with van der Waals surface area (Å²) in [6.45, 7) is 3.53. The zero-order chi connectivity index (χ0) is 10.4. The third-order valence-electron chi connectivity index (χ3n) is 1.81. The molecule has 0 saturated heterocycles. The largest absolute Gasteiger partial charge is 0.494 e. The van der Waals surface area contributed by atoms with Crippen molar-refractivity contribution in [3.8, 4) is 5.75 Å². The van der Waals surface area contributed by atoms with Gasteiger partial charge < -0.3 is 4.74 Å². The van der Waals surface area contributed by atoms with Gasteiger partial charge in [-0.3, -0.25) is 10.4 Å². The standard InChI is InChI=1S/C11H18N2O/c1-4-14-11-7-5-6-10(8-11)9-12-13(2)3/h5-8,12H,4,9H2,1-3H3. The molecule has 0 atom stereocenters. The molecule has 1 aromatic rings. The summed E-state index contributed by atoms with van der Waals surface area (Å²) in [4.78, 5) is 0. The van der Waals surface area contributed by atoms with Gasteiger partial charge in [-0.25, -0.2) is 0 Å². The predicted molar refractivity (Wildman–Crippen MR) is 58.1 cm³/mol. The molecule has 1 aromatic carbocycles. The molecule has 0 bridgehead atoms. The third kappa shape index (κ3) is 3.77. The topological polar surface area (TPSA) is 24.5 Å². The lowest BCUT2D eigenvalue weighted by molar-refractivity contribution is 0.285. The normalized spacial score (nSPS) is 10.6. The van der Waals surface area contributed by atoms with E-state index >= 15 is 0 Å². The molecule has 0 spiro atoms. The summed E-state index contributed by atoms with van der Waals surface area (Å²) in [5.41, 5.74) is 4.44. The lowest BCUT2D eigenvalue weighted by Gasteiger charge is -2.12. The predicted octanol–water partition coefficient (Wildman–Crippen LogP) is 1.65. The minimum absolute atomic E-state index is 0.713. The highest BCUT2D eigenvalue weighted by Gasteiger charge is 1.96. The molecule has 1 N–H and O–H groups in total. The molecule has 78 valence electrons. The molecule has 0 unspecified atom stereocenters. The van der Waals surface area contributed by atoms with Crippen molar-refractivity contribution < 1.29 is 4.74 Å². The molecular formula is C11H18N2O. The molecule has 0 fully saturated rings. The lowest BCUT2D eigenvalue weighted by atomic mass is 10.2. The highest BCUT2D eigenvalue weighted by molar-refractivity contribution is 5.28. The zero-order valence-corrected chi connectivity index (χ0v) is 9.08. The summed E-state index contributed by atoms with van der Waals surface area (Å²) < 4.78 is 5.41. The van der Waals surface area contributed by atoms with E-state index in [-0.39, 0.29) is 0 Å². The van der Waals surface area contributed by atoms with E-state index < -0.39 is 0 Å². The Hall–Kier alpha value is -1.06. The molecule has 0 amide bonds. The summed E-state index contributed by atoms with van der Waals surface area (Å²) in [5.74, 6) is 0.936. The Kier molecular flexibility index (Phi) is 4.43. The average molecular weight is 194 g/mol. The molecule has 1 rings (SSSR count). The fourth-order valence-corrected chi connectivity index (χ4v) is 1.16. The van der Waals surface area contributed by atoms with Crippen molar-refractivity contribution in [1.29, 1.82) is 0 Å². The van der Waals surface area contributed by atoms with Crippen LogP contribution in [0.15, 0.2) is 24.3 Å². The molecule has 14 heavy (non-hydrogen) atoms. The maximum Gasteiger partial charge on any atom is 0.119 e. The van der Waals surface area contributed by atoms with Crippen LogP contribution < -0.4 is 10.2 Å². The van der Waals surface area contributed by atoms with Crippen molar-refractivity contribution in [1.82, 2.24) is 10.4 Å². The molecule has 0 aliphatic carbocycles. The quantitative estimate of drug-likeness (QED) is 0.721. The summed E-state index contributed by atoms with van der Waals surface area (Å²) in [5, 5.41) is 1.94. The summed E-state index contributed by atoms with van der Waals surface area (Å²) in [7, 11) is 3.96. The molecule has 0 radical (unpaired) electrons. The second kappa shape index (κ2) is 5.62. The van der Waals surface area contributed by atoms with Gasteiger partial charge in [-0.1, -0.05) is 12.1 Å². The van der Waals surface area contributed by atoms with E-state index in [9.17, 15) is 0 Å². The van der Waals surface area contributed by atoms with Gasteiger partial charge in [0.2, 0.25) is 0 Å². The molecule has 0 aliphatic rings. The van der Waals surface area contributed by atoms with Crippen LogP contribution in [0, 0.1) is 0 Å². The van der Waals surface area contributed by atoms with Crippen LogP contribution in [0.5, 0.6) is 5.75 Å². The van der Waals surface area contributed by atoms with E-state index in [4.69, 9.17) is 4.74 Å². The fourth-order valence-electron chi connectivity index (χ4n) is 1.16. The molecule has 0 heterocycles. The summed E-state index contributed by atoms with van der Waals surface area (Å²) in [6, 6.07) is 8.12. The molecule has 3 heteroatoms. The highest BCUT2D eigenvalue weighted by atomic mass is 16.5. The van der Waals surface area contributed by atoms with Crippen LogP contribution in [0.3, 0.4) is 0 Å². The van der Waals surface area contributed by atoms with Gasteiger partial charge in [0.15, 0.2) is 0 Å². The summed E-state index contributed by atoms with van der Waals surface area (Å²) >= 11 is 0. The Morgan fingerprint density at radius 3 is 2.79 bits per heavy atom. The van der Waals surface area contributed by atoms with Crippen molar-refractivity contribution in [3.05, 3.63) is 29.8 Å². The summed E-state index contributed by atoms with van der Waals surface area (Å²) in [6.07, 6.45) is 0. The van der Waals surface area contributed by atoms with Gasteiger partial charge in [-0.2, -0.15) is 0 Å².